The number of esters is 2. The number of pyridine rings is 2. The van der Waals surface area contributed by atoms with Gasteiger partial charge in [0.05, 0.1) is 35.6 Å². The predicted molar refractivity (Wildman–Crippen MR) is 121 cm³/mol. The summed E-state index contributed by atoms with van der Waals surface area (Å²) in [6, 6.07) is 5.32. The van der Waals surface area contributed by atoms with E-state index in [-0.39, 0.29) is 30.9 Å². The fraction of sp³-hybridized carbons (Fsp3) is 0.304. The van der Waals surface area contributed by atoms with Crippen LogP contribution in [0.2, 0.25) is 19.6 Å². The Hall–Kier alpha value is -3.64. The van der Waals surface area contributed by atoms with E-state index in [1.807, 2.05) is 12.1 Å². The summed E-state index contributed by atoms with van der Waals surface area (Å²) < 4.78 is 14.8. The van der Waals surface area contributed by atoms with Gasteiger partial charge in [-0.3, -0.25) is 19.6 Å². The molecule has 0 fully saturated rings. The van der Waals surface area contributed by atoms with Crippen molar-refractivity contribution >= 4 is 31.0 Å². The first-order chi connectivity index (χ1) is 15.0. The molecule has 0 aliphatic heterocycles. The molecule has 0 aliphatic carbocycles. The molecule has 0 unspecified atom stereocenters. The third-order valence-electron chi connectivity index (χ3n) is 3.76. The molecule has 0 aromatic carbocycles. The topological polar surface area (TPSA) is 112 Å². The van der Waals surface area contributed by atoms with E-state index in [0.717, 1.165) is 11.0 Å². The summed E-state index contributed by atoms with van der Waals surface area (Å²) in [5, 5.41) is 10.6. The minimum absolute atomic E-state index is 0.0484. The lowest BCUT2D eigenvalue weighted by molar-refractivity contribution is -0.143. The van der Waals surface area contributed by atoms with Crippen LogP contribution in [0.1, 0.15) is 30.8 Å². The highest BCUT2D eigenvalue weighted by Gasteiger charge is 2.09. The number of carbonyl (C=O) groups is 2. The van der Waals surface area contributed by atoms with Crippen LogP contribution in [0, 0.1) is 11.5 Å². The average Bonchev–Trinajstić information content (AvgIpc) is 3.18. The van der Waals surface area contributed by atoms with Crippen molar-refractivity contribution in [3.05, 3.63) is 53.8 Å². The van der Waals surface area contributed by atoms with Crippen molar-refractivity contribution in [2.75, 3.05) is 0 Å². The Bertz CT molecular complexity index is 1150. The number of carbonyl (C=O) groups excluding carboxylic acids is 2. The van der Waals surface area contributed by atoms with E-state index < -0.39 is 8.07 Å². The Morgan fingerprint density at radius 2 is 1.62 bits per heavy atom. The minimum atomic E-state index is -1.49. The molecule has 3 aromatic heterocycles. The summed E-state index contributed by atoms with van der Waals surface area (Å²) in [6.07, 6.45) is 4.54. The van der Waals surface area contributed by atoms with E-state index in [9.17, 15) is 14.7 Å². The molecule has 0 radical (unpaired) electrons. The van der Waals surface area contributed by atoms with Crippen molar-refractivity contribution in [2.24, 2.45) is 0 Å². The zero-order valence-corrected chi connectivity index (χ0v) is 19.8. The van der Waals surface area contributed by atoms with Gasteiger partial charge in [-0.15, -0.1) is 5.54 Å². The fourth-order valence-corrected chi connectivity index (χ4v) is 2.78. The van der Waals surface area contributed by atoms with Crippen LogP contribution in [0.3, 0.4) is 0 Å². The maximum absolute atomic E-state index is 10.7. The Balaban J connectivity index is 0.000000233. The minimum Gasteiger partial charge on any atom is -0.505 e. The largest absolute Gasteiger partial charge is 0.505 e. The van der Waals surface area contributed by atoms with Gasteiger partial charge in [-0.25, -0.2) is 0 Å². The number of fused-ring (bicyclic) bond motifs is 1. The Morgan fingerprint density at radius 3 is 2.22 bits per heavy atom. The number of hydrogen-bond donors (Lipinski definition) is 1. The number of rotatable bonds is 4. The van der Waals surface area contributed by atoms with Gasteiger partial charge in [0, 0.05) is 19.2 Å². The second-order valence-electron chi connectivity index (χ2n) is 7.89. The molecule has 8 nitrogen and oxygen atoms in total. The zero-order valence-electron chi connectivity index (χ0n) is 18.8. The third-order valence-corrected chi connectivity index (χ3v) is 4.63. The van der Waals surface area contributed by atoms with Gasteiger partial charge in [-0.1, -0.05) is 25.6 Å². The highest BCUT2D eigenvalue weighted by molar-refractivity contribution is 6.83. The lowest BCUT2D eigenvalue weighted by Gasteiger charge is -2.05. The molecule has 168 valence electrons. The maximum atomic E-state index is 10.7. The molecule has 32 heavy (non-hydrogen) atoms. The van der Waals surface area contributed by atoms with E-state index in [1.165, 1.54) is 20.0 Å². The SMILES string of the molecule is CC(=O)OCc1cc(C#C[Si](C)(C)C)c(O)cn1.CC(=O)OCc1cc2ccoc2cn1. The van der Waals surface area contributed by atoms with Gasteiger partial charge in [-0.2, -0.15) is 0 Å². The number of aromatic hydroxyl groups is 1. The molecule has 0 saturated heterocycles. The lowest BCUT2D eigenvalue weighted by atomic mass is 10.2. The number of ether oxygens (including phenoxy) is 2. The smallest absolute Gasteiger partial charge is 0.303 e. The predicted octanol–water partition coefficient (Wildman–Crippen LogP) is 3.97. The third kappa shape index (κ3) is 8.61. The van der Waals surface area contributed by atoms with Crippen LogP contribution in [0.5, 0.6) is 5.75 Å². The molecule has 3 aromatic rings. The highest BCUT2D eigenvalue weighted by Crippen LogP contribution is 2.16. The molecule has 9 heteroatoms. The Morgan fingerprint density at radius 1 is 1.03 bits per heavy atom. The lowest BCUT2D eigenvalue weighted by Crippen LogP contribution is -2.16. The van der Waals surface area contributed by atoms with Crippen molar-refractivity contribution in [3.63, 3.8) is 0 Å². The maximum Gasteiger partial charge on any atom is 0.303 e. The van der Waals surface area contributed by atoms with Crippen LogP contribution in [-0.2, 0) is 32.3 Å². The molecule has 0 aliphatic rings. The van der Waals surface area contributed by atoms with Gasteiger partial charge >= 0.3 is 11.9 Å². The van der Waals surface area contributed by atoms with Gasteiger partial charge in [0.1, 0.15) is 27.0 Å². The van der Waals surface area contributed by atoms with Gasteiger partial charge < -0.3 is 19.0 Å². The van der Waals surface area contributed by atoms with Crippen molar-refractivity contribution in [1.29, 1.82) is 0 Å². The Kier molecular flexibility index (Phi) is 8.55. The quantitative estimate of drug-likeness (QED) is 0.358. The first-order valence-electron chi connectivity index (χ1n) is 9.83. The summed E-state index contributed by atoms with van der Waals surface area (Å²) in [5.74, 6) is 2.34. The van der Waals surface area contributed by atoms with E-state index in [2.05, 4.69) is 41.1 Å². The first kappa shape index (κ1) is 24.6. The second kappa shape index (κ2) is 11.1. The van der Waals surface area contributed by atoms with Crippen molar-refractivity contribution < 1.29 is 28.6 Å². The normalized spacial score (nSPS) is 10.4. The standard InChI is InChI=1S/C13H17NO3Si.C10H9NO3/c1-10(15)17-9-12-7-11(13(16)8-14-12)5-6-18(2,3)4;1-7(12)14-6-9-4-8-2-3-13-10(8)5-11-9/h7-8,16H,9H2,1-4H3;2-5H,6H2,1H3. The fourth-order valence-electron chi connectivity index (χ4n) is 2.27. The number of furan rings is 1. The van der Waals surface area contributed by atoms with Crippen LogP contribution in [0.25, 0.3) is 11.0 Å². The van der Waals surface area contributed by atoms with Gasteiger partial charge in [-0.05, 0) is 18.2 Å². The van der Waals surface area contributed by atoms with E-state index in [1.54, 1.807) is 18.5 Å². The summed E-state index contributed by atoms with van der Waals surface area (Å²) in [6.45, 7) is 9.38. The number of aromatic nitrogens is 2. The Labute approximate surface area is 187 Å². The van der Waals surface area contributed by atoms with Crippen LogP contribution in [0.15, 0.2) is 41.3 Å². The molecule has 3 rings (SSSR count). The molecule has 0 amide bonds. The van der Waals surface area contributed by atoms with Crippen molar-refractivity contribution in [3.8, 4) is 17.2 Å². The molecule has 1 N–H and O–H groups in total. The number of nitrogens with zero attached hydrogens (tertiary/aromatic N) is 2. The molecule has 0 bridgehead atoms. The monoisotopic (exact) mass is 454 g/mol. The summed E-state index contributed by atoms with van der Waals surface area (Å²) in [7, 11) is -1.49. The molecular weight excluding hydrogens is 428 g/mol. The molecule has 0 saturated carbocycles. The number of hydrogen-bond acceptors (Lipinski definition) is 8. The van der Waals surface area contributed by atoms with E-state index >= 15 is 0 Å². The van der Waals surface area contributed by atoms with Gasteiger partial charge in [0.25, 0.3) is 0 Å². The molecule has 0 atom stereocenters. The molecule has 0 spiro atoms. The van der Waals surface area contributed by atoms with Gasteiger partial charge in [0.2, 0.25) is 0 Å². The average molecular weight is 455 g/mol. The van der Waals surface area contributed by atoms with Crippen molar-refractivity contribution in [1.82, 2.24) is 9.97 Å². The molecule has 3 heterocycles. The van der Waals surface area contributed by atoms with Crippen molar-refractivity contribution in [2.45, 2.75) is 46.7 Å². The summed E-state index contributed by atoms with van der Waals surface area (Å²) >= 11 is 0. The van der Waals surface area contributed by atoms with E-state index in [4.69, 9.17) is 13.9 Å². The zero-order chi connectivity index (χ0) is 23.7. The van der Waals surface area contributed by atoms with Crippen LogP contribution >= 0.6 is 0 Å². The van der Waals surface area contributed by atoms with Gasteiger partial charge in [0.15, 0.2) is 5.58 Å². The first-order valence-corrected chi connectivity index (χ1v) is 13.3. The van der Waals surface area contributed by atoms with Crippen LogP contribution in [-0.4, -0.2) is 35.1 Å². The molecular formula is C23H26N2O6Si. The summed E-state index contributed by atoms with van der Waals surface area (Å²) in [4.78, 5) is 29.3. The second-order valence-corrected chi connectivity index (χ2v) is 12.6. The highest BCUT2D eigenvalue weighted by atomic mass is 28.3. The van der Waals surface area contributed by atoms with Crippen LogP contribution < -0.4 is 0 Å². The van der Waals surface area contributed by atoms with E-state index in [0.29, 0.717) is 17.0 Å². The van der Waals surface area contributed by atoms with Crippen LogP contribution in [0.4, 0.5) is 0 Å². The summed E-state index contributed by atoms with van der Waals surface area (Å²) in [5.41, 5.74) is 5.71.